The minimum atomic E-state index is -3.56. The highest BCUT2D eigenvalue weighted by Gasteiger charge is 2.41. The van der Waals surface area contributed by atoms with E-state index in [2.05, 4.69) is 0 Å². The van der Waals surface area contributed by atoms with Crippen LogP contribution in [-0.4, -0.2) is 31.3 Å². The van der Waals surface area contributed by atoms with E-state index >= 15 is 0 Å². The minimum absolute atomic E-state index is 0.120. The molecule has 1 fully saturated rings. The Labute approximate surface area is 134 Å². The van der Waals surface area contributed by atoms with Crippen molar-refractivity contribution >= 4 is 21.6 Å². The van der Waals surface area contributed by atoms with Gasteiger partial charge in [-0.3, -0.25) is 14.3 Å². The van der Waals surface area contributed by atoms with E-state index in [1.54, 1.807) is 12.1 Å². The normalized spacial score (nSPS) is 19.5. The minimum Gasteiger partial charge on any atom is -0.289 e. The Morgan fingerprint density at radius 3 is 2.26 bits per heavy atom. The Kier molecular flexibility index (Phi) is 4.06. The zero-order valence-corrected chi connectivity index (χ0v) is 13.0. The molecule has 1 aliphatic heterocycles. The van der Waals surface area contributed by atoms with Crippen molar-refractivity contribution in [2.45, 2.75) is 12.5 Å². The molecule has 0 unspecified atom stereocenters. The van der Waals surface area contributed by atoms with Crippen LogP contribution in [0.5, 0.6) is 0 Å². The molecule has 0 bridgehead atoms. The van der Waals surface area contributed by atoms with E-state index in [0.29, 0.717) is 5.69 Å². The molecule has 2 aromatic rings. The van der Waals surface area contributed by atoms with Crippen molar-refractivity contribution < 1.29 is 18.4 Å². The lowest BCUT2D eigenvalue weighted by molar-refractivity contribution is -0.130. The van der Waals surface area contributed by atoms with Gasteiger partial charge < -0.3 is 0 Å². The van der Waals surface area contributed by atoms with E-state index < -0.39 is 22.0 Å². The average molecular weight is 332 g/mol. The molecule has 3 rings (SSSR count). The Morgan fingerprint density at radius 1 is 1.04 bits per heavy atom. The van der Waals surface area contributed by atoms with Crippen LogP contribution in [0.25, 0.3) is 11.1 Å². The summed E-state index contributed by atoms with van der Waals surface area (Å²) in [6, 6.07) is 15.7. The average Bonchev–Trinajstić information content (AvgIpc) is 2.90. The number of sulfonamides is 1. The third kappa shape index (κ3) is 2.93. The molecule has 0 radical (unpaired) electrons. The highest BCUT2D eigenvalue weighted by atomic mass is 32.2. The molecule has 1 amide bonds. The van der Waals surface area contributed by atoms with Crippen LogP contribution in [0, 0.1) is 0 Å². The second-order valence-corrected chi connectivity index (χ2v) is 7.27. The second kappa shape index (κ2) is 6.02. The number of hydroxylamine groups is 1. The van der Waals surface area contributed by atoms with E-state index in [1.165, 1.54) is 5.48 Å². The number of anilines is 1. The summed E-state index contributed by atoms with van der Waals surface area (Å²) in [5.41, 5.74) is 3.92. The first-order valence-electron chi connectivity index (χ1n) is 7.14. The molecular formula is C16H16N2O4S. The maximum atomic E-state index is 12.2. The number of benzene rings is 2. The number of nitrogens with one attached hydrogen (secondary N) is 1. The van der Waals surface area contributed by atoms with Crippen molar-refractivity contribution in [1.82, 2.24) is 5.48 Å². The van der Waals surface area contributed by atoms with Gasteiger partial charge in [0, 0.05) is 0 Å². The number of carbonyl (C=O) groups excluding carboxylic acids is 1. The van der Waals surface area contributed by atoms with Gasteiger partial charge in [-0.15, -0.1) is 0 Å². The zero-order valence-electron chi connectivity index (χ0n) is 12.2. The molecule has 0 spiro atoms. The quantitative estimate of drug-likeness (QED) is 0.662. The number of amides is 1. The van der Waals surface area contributed by atoms with Crippen LogP contribution in [0.3, 0.4) is 0 Å². The van der Waals surface area contributed by atoms with Gasteiger partial charge in [-0.25, -0.2) is 13.9 Å². The van der Waals surface area contributed by atoms with E-state index in [-0.39, 0.29) is 12.2 Å². The lowest BCUT2D eigenvalue weighted by Gasteiger charge is -2.23. The SMILES string of the molecule is O=C(NO)[C@H]1CCS(=O)(=O)N1c1ccc(-c2ccccc2)cc1. The largest absolute Gasteiger partial charge is 0.289 e. The highest BCUT2D eigenvalue weighted by molar-refractivity contribution is 7.93. The summed E-state index contributed by atoms with van der Waals surface area (Å²) in [6.07, 6.45) is 0.148. The van der Waals surface area contributed by atoms with Gasteiger partial charge in [-0.05, 0) is 29.7 Å². The molecule has 7 heteroatoms. The summed E-state index contributed by atoms with van der Waals surface area (Å²) < 4.78 is 25.5. The Bertz CT molecular complexity index is 804. The van der Waals surface area contributed by atoms with Crippen LogP contribution in [0.1, 0.15) is 6.42 Å². The fraction of sp³-hybridized carbons (Fsp3) is 0.188. The second-order valence-electron chi connectivity index (χ2n) is 5.31. The topological polar surface area (TPSA) is 86.7 Å². The van der Waals surface area contributed by atoms with Gasteiger partial charge in [0.2, 0.25) is 10.0 Å². The third-order valence-corrected chi connectivity index (χ3v) is 5.69. The monoisotopic (exact) mass is 332 g/mol. The molecule has 1 aliphatic rings. The van der Waals surface area contributed by atoms with Crippen molar-refractivity contribution in [3.63, 3.8) is 0 Å². The van der Waals surface area contributed by atoms with Crippen molar-refractivity contribution in [3.05, 3.63) is 54.6 Å². The Hall–Kier alpha value is -2.38. The van der Waals surface area contributed by atoms with Gasteiger partial charge in [0.1, 0.15) is 6.04 Å². The molecule has 1 atom stereocenters. The van der Waals surface area contributed by atoms with Crippen molar-refractivity contribution in [2.75, 3.05) is 10.1 Å². The predicted molar refractivity (Wildman–Crippen MR) is 86.5 cm³/mol. The molecule has 1 saturated heterocycles. The van der Waals surface area contributed by atoms with E-state index in [4.69, 9.17) is 5.21 Å². The standard InChI is InChI=1S/C16H16N2O4S/c19-16(17-20)15-10-11-23(21,22)18(15)14-8-6-13(7-9-14)12-4-2-1-3-5-12/h1-9,15,20H,10-11H2,(H,17,19)/t15-/m1/s1. The molecule has 0 aliphatic carbocycles. The fourth-order valence-electron chi connectivity index (χ4n) is 2.75. The Morgan fingerprint density at radius 2 is 1.65 bits per heavy atom. The number of hydrogen-bond acceptors (Lipinski definition) is 4. The number of hydrogen-bond donors (Lipinski definition) is 2. The molecule has 2 N–H and O–H groups in total. The van der Waals surface area contributed by atoms with Crippen molar-refractivity contribution in [2.24, 2.45) is 0 Å². The number of carbonyl (C=O) groups is 1. The summed E-state index contributed by atoms with van der Waals surface area (Å²) in [7, 11) is -3.56. The molecule has 0 aromatic heterocycles. The lowest BCUT2D eigenvalue weighted by atomic mass is 10.1. The molecule has 1 heterocycles. The smallest absolute Gasteiger partial charge is 0.267 e. The molecule has 6 nitrogen and oxygen atoms in total. The first-order valence-corrected chi connectivity index (χ1v) is 8.75. The van der Waals surface area contributed by atoms with Gasteiger partial charge in [0.15, 0.2) is 0 Å². The molecule has 2 aromatic carbocycles. The van der Waals surface area contributed by atoms with Crippen LogP contribution in [0.15, 0.2) is 54.6 Å². The van der Waals surface area contributed by atoms with Gasteiger partial charge in [0.25, 0.3) is 5.91 Å². The van der Waals surface area contributed by atoms with Crippen LogP contribution in [0.2, 0.25) is 0 Å². The fourth-order valence-corrected chi connectivity index (χ4v) is 4.50. The van der Waals surface area contributed by atoms with Crippen LogP contribution < -0.4 is 9.79 Å². The predicted octanol–water partition coefficient (Wildman–Crippen LogP) is 1.77. The molecule has 23 heavy (non-hydrogen) atoms. The van der Waals surface area contributed by atoms with Crippen LogP contribution in [0.4, 0.5) is 5.69 Å². The number of nitrogens with zero attached hydrogens (tertiary/aromatic N) is 1. The summed E-state index contributed by atoms with van der Waals surface area (Å²) in [4.78, 5) is 11.7. The number of rotatable bonds is 3. The Balaban J connectivity index is 1.95. The van der Waals surface area contributed by atoms with E-state index in [0.717, 1.165) is 15.4 Å². The van der Waals surface area contributed by atoms with Gasteiger partial charge in [-0.1, -0.05) is 42.5 Å². The van der Waals surface area contributed by atoms with Crippen LogP contribution in [-0.2, 0) is 14.8 Å². The van der Waals surface area contributed by atoms with Gasteiger partial charge in [0.05, 0.1) is 11.4 Å². The van der Waals surface area contributed by atoms with Crippen molar-refractivity contribution in [1.29, 1.82) is 0 Å². The molecule has 120 valence electrons. The third-order valence-electron chi connectivity index (χ3n) is 3.87. The van der Waals surface area contributed by atoms with Gasteiger partial charge in [-0.2, -0.15) is 0 Å². The van der Waals surface area contributed by atoms with E-state index in [9.17, 15) is 13.2 Å². The van der Waals surface area contributed by atoms with Crippen molar-refractivity contribution in [3.8, 4) is 11.1 Å². The first kappa shape index (κ1) is 15.5. The lowest BCUT2D eigenvalue weighted by Crippen LogP contribution is -2.43. The zero-order chi connectivity index (χ0) is 16.4. The first-order chi connectivity index (χ1) is 11.0. The summed E-state index contributed by atoms with van der Waals surface area (Å²) in [5.74, 6) is -0.843. The van der Waals surface area contributed by atoms with E-state index in [1.807, 2.05) is 42.5 Å². The maximum absolute atomic E-state index is 12.2. The summed E-state index contributed by atoms with van der Waals surface area (Å²) in [6.45, 7) is 0. The molecule has 0 saturated carbocycles. The maximum Gasteiger partial charge on any atom is 0.267 e. The van der Waals surface area contributed by atoms with Crippen LogP contribution >= 0.6 is 0 Å². The van der Waals surface area contributed by atoms with Gasteiger partial charge >= 0.3 is 0 Å². The molecular weight excluding hydrogens is 316 g/mol. The summed E-state index contributed by atoms with van der Waals surface area (Å²) in [5, 5.41) is 8.80. The summed E-state index contributed by atoms with van der Waals surface area (Å²) >= 11 is 0. The highest BCUT2D eigenvalue weighted by Crippen LogP contribution is 2.31.